The quantitative estimate of drug-likeness (QED) is 0.627. The molecule has 1 aromatic heterocycles. The van der Waals surface area contributed by atoms with E-state index in [9.17, 15) is 0 Å². The number of benzene rings is 1. The number of rotatable bonds is 8. The van der Waals surface area contributed by atoms with Gasteiger partial charge in [-0.2, -0.15) is 0 Å². The number of aromatic nitrogens is 1. The minimum absolute atomic E-state index is 0.0248. The van der Waals surface area contributed by atoms with Crippen LogP contribution in [-0.2, 0) is 17.7 Å². The van der Waals surface area contributed by atoms with E-state index in [1.54, 1.807) is 0 Å². The summed E-state index contributed by atoms with van der Waals surface area (Å²) in [7, 11) is 0. The van der Waals surface area contributed by atoms with Crippen LogP contribution in [0.3, 0.4) is 0 Å². The summed E-state index contributed by atoms with van der Waals surface area (Å²) in [6.07, 6.45) is 6.27. The predicted octanol–water partition coefficient (Wildman–Crippen LogP) is 5.28. The van der Waals surface area contributed by atoms with E-state index < -0.39 is 0 Å². The van der Waals surface area contributed by atoms with Crippen LogP contribution in [0, 0.1) is 11.8 Å². The largest absolute Gasteiger partial charge is 0.376 e. The molecule has 1 saturated heterocycles. The van der Waals surface area contributed by atoms with Gasteiger partial charge in [-0.1, -0.05) is 35.9 Å². The lowest BCUT2D eigenvalue weighted by Crippen LogP contribution is -2.38. The average Bonchev–Trinajstić information content (AvgIpc) is 2.66. The van der Waals surface area contributed by atoms with E-state index >= 15 is 0 Å². The van der Waals surface area contributed by atoms with Crippen LogP contribution in [0.4, 0.5) is 0 Å². The second-order valence-corrected chi connectivity index (χ2v) is 8.61. The Labute approximate surface area is 168 Å². The lowest BCUT2D eigenvalue weighted by Gasteiger charge is -2.39. The molecule has 27 heavy (non-hydrogen) atoms. The zero-order valence-corrected chi connectivity index (χ0v) is 17.2. The van der Waals surface area contributed by atoms with Crippen molar-refractivity contribution >= 4 is 11.6 Å². The van der Waals surface area contributed by atoms with E-state index in [-0.39, 0.29) is 5.60 Å². The van der Waals surface area contributed by atoms with Crippen molar-refractivity contribution in [2.45, 2.75) is 51.7 Å². The zero-order valence-electron chi connectivity index (χ0n) is 16.5. The Hall–Kier alpha value is -1.42. The van der Waals surface area contributed by atoms with Crippen molar-refractivity contribution in [3.63, 3.8) is 0 Å². The molecule has 2 atom stereocenters. The van der Waals surface area contributed by atoms with Gasteiger partial charge in [-0.25, -0.2) is 0 Å². The van der Waals surface area contributed by atoms with Crippen LogP contribution >= 0.6 is 11.6 Å². The van der Waals surface area contributed by atoms with E-state index in [2.05, 4.69) is 42.3 Å². The number of nitrogens with one attached hydrogen (secondary N) is 1. The molecular weight excluding hydrogens is 356 g/mol. The van der Waals surface area contributed by atoms with Crippen LogP contribution in [0.15, 0.2) is 48.7 Å². The molecule has 0 spiro atoms. The fraction of sp³-hybridized carbons (Fsp3) is 0.522. The fourth-order valence-corrected chi connectivity index (χ4v) is 4.35. The first kappa shape index (κ1) is 20.3. The molecule has 0 bridgehead atoms. The summed E-state index contributed by atoms with van der Waals surface area (Å²) in [6, 6.07) is 14.3. The molecule has 146 valence electrons. The summed E-state index contributed by atoms with van der Waals surface area (Å²) in [5, 5.41) is 4.45. The van der Waals surface area contributed by atoms with Gasteiger partial charge in [0.15, 0.2) is 0 Å². The second kappa shape index (κ2) is 9.68. The van der Waals surface area contributed by atoms with Crippen molar-refractivity contribution in [2.75, 3.05) is 13.2 Å². The van der Waals surface area contributed by atoms with Gasteiger partial charge in [0.25, 0.3) is 0 Å². The van der Waals surface area contributed by atoms with E-state index in [0.717, 1.165) is 56.1 Å². The second-order valence-electron chi connectivity index (χ2n) is 8.20. The highest BCUT2D eigenvalue weighted by Crippen LogP contribution is 2.37. The van der Waals surface area contributed by atoms with Crippen molar-refractivity contribution in [3.8, 4) is 0 Å². The predicted molar refractivity (Wildman–Crippen MR) is 112 cm³/mol. The third-order valence-corrected chi connectivity index (χ3v) is 5.93. The molecule has 3 nitrogen and oxygen atoms in total. The Morgan fingerprint density at radius 3 is 2.78 bits per heavy atom. The molecular formula is C23H31ClN2O. The lowest BCUT2D eigenvalue weighted by molar-refractivity contribution is -0.0830. The van der Waals surface area contributed by atoms with Crippen LogP contribution in [0.1, 0.15) is 44.4 Å². The van der Waals surface area contributed by atoms with E-state index in [0.29, 0.717) is 11.8 Å². The van der Waals surface area contributed by atoms with Gasteiger partial charge >= 0.3 is 0 Å². The minimum Gasteiger partial charge on any atom is -0.376 e. The molecule has 0 saturated carbocycles. The first-order valence-corrected chi connectivity index (χ1v) is 10.4. The van der Waals surface area contributed by atoms with Crippen molar-refractivity contribution in [2.24, 2.45) is 11.8 Å². The van der Waals surface area contributed by atoms with Crippen molar-refractivity contribution < 1.29 is 4.74 Å². The molecule has 1 aliphatic heterocycles. The first-order chi connectivity index (χ1) is 13.0. The molecule has 1 fully saturated rings. The normalized spacial score (nSPS) is 20.3. The number of ether oxygens (including phenoxy) is 1. The molecule has 2 aromatic rings. The van der Waals surface area contributed by atoms with Gasteiger partial charge in [0, 0.05) is 24.4 Å². The minimum atomic E-state index is -0.0248. The summed E-state index contributed by atoms with van der Waals surface area (Å²) >= 11 is 6.46. The monoisotopic (exact) mass is 386 g/mol. The molecule has 2 heterocycles. The maximum absolute atomic E-state index is 6.46. The third-order valence-electron chi connectivity index (χ3n) is 5.57. The number of pyridine rings is 1. The first-order valence-electron chi connectivity index (χ1n) is 10.0. The fourth-order valence-electron chi connectivity index (χ4n) is 4.14. The number of halogens is 1. The Morgan fingerprint density at radius 2 is 2.04 bits per heavy atom. The standard InChI is InChI=1S/C23H31ClN2O/c1-23(2)16-20(11-14-27-23)18(15-19-7-3-4-9-22(19)24)10-13-25-17-21-8-5-6-12-26-21/h3-9,12,18,20,25H,10-11,13-17H2,1-2H3. The van der Waals surface area contributed by atoms with E-state index in [4.69, 9.17) is 16.3 Å². The molecule has 3 rings (SSSR count). The molecule has 4 heteroatoms. The van der Waals surface area contributed by atoms with Gasteiger partial charge in [0.2, 0.25) is 0 Å². The maximum atomic E-state index is 6.46. The Morgan fingerprint density at radius 1 is 1.22 bits per heavy atom. The smallest absolute Gasteiger partial charge is 0.0629 e. The SMILES string of the molecule is CC1(C)CC(C(CCNCc2ccccn2)Cc2ccccc2Cl)CCO1. The van der Waals surface area contributed by atoms with Crippen LogP contribution < -0.4 is 5.32 Å². The van der Waals surface area contributed by atoms with Crippen LogP contribution in [-0.4, -0.2) is 23.7 Å². The van der Waals surface area contributed by atoms with Gasteiger partial charge < -0.3 is 10.1 Å². The van der Waals surface area contributed by atoms with Gasteiger partial charge in [0.1, 0.15) is 0 Å². The van der Waals surface area contributed by atoms with E-state index in [1.807, 2.05) is 30.5 Å². The lowest BCUT2D eigenvalue weighted by atomic mass is 9.75. The van der Waals surface area contributed by atoms with Gasteiger partial charge in [-0.3, -0.25) is 4.98 Å². The summed E-state index contributed by atoms with van der Waals surface area (Å²) in [4.78, 5) is 4.39. The summed E-state index contributed by atoms with van der Waals surface area (Å²) in [5.74, 6) is 1.27. The highest BCUT2D eigenvalue weighted by atomic mass is 35.5. The van der Waals surface area contributed by atoms with Crippen molar-refractivity contribution in [1.82, 2.24) is 10.3 Å². The number of hydrogen-bond donors (Lipinski definition) is 1. The van der Waals surface area contributed by atoms with Crippen LogP contribution in [0.2, 0.25) is 5.02 Å². The molecule has 2 unspecified atom stereocenters. The third kappa shape index (κ3) is 6.31. The zero-order chi connectivity index (χ0) is 19.1. The van der Waals surface area contributed by atoms with Crippen LogP contribution in [0.25, 0.3) is 0 Å². The van der Waals surface area contributed by atoms with E-state index in [1.165, 1.54) is 5.56 Å². The molecule has 0 radical (unpaired) electrons. The average molecular weight is 387 g/mol. The molecule has 0 amide bonds. The highest BCUT2D eigenvalue weighted by molar-refractivity contribution is 6.31. The van der Waals surface area contributed by atoms with Crippen molar-refractivity contribution in [3.05, 3.63) is 64.9 Å². The van der Waals surface area contributed by atoms with Gasteiger partial charge in [0.05, 0.1) is 11.3 Å². The van der Waals surface area contributed by atoms with Gasteiger partial charge in [-0.05, 0) is 81.7 Å². The number of hydrogen-bond acceptors (Lipinski definition) is 3. The molecule has 1 N–H and O–H groups in total. The molecule has 1 aliphatic rings. The summed E-state index contributed by atoms with van der Waals surface area (Å²) < 4.78 is 5.95. The Kier molecular flexibility index (Phi) is 7.28. The topological polar surface area (TPSA) is 34.2 Å². The van der Waals surface area contributed by atoms with Gasteiger partial charge in [-0.15, -0.1) is 0 Å². The Balaban J connectivity index is 1.61. The Bertz CT molecular complexity index is 705. The maximum Gasteiger partial charge on any atom is 0.0629 e. The summed E-state index contributed by atoms with van der Waals surface area (Å²) in [5.41, 5.74) is 2.33. The van der Waals surface area contributed by atoms with Crippen molar-refractivity contribution in [1.29, 1.82) is 0 Å². The molecule has 1 aromatic carbocycles. The van der Waals surface area contributed by atoms with Crippen LogP contribution in [0.5, 0.6) is 0 Å². The number of nitrogens with zero attached hydrogens (tertiary/aromatic N) is 1. The molecule has 0 aliphatic carbocycles. The summed E-state index contributed by atoms with van der Waals surface area (Å²) in [6.45, 7) is 7.09. The highest BCUT2D eigenvalue weighted by Gasteiger charge is 2.33.